The summed E-state index contributed by atoms with van der Waals surface area (Å²) >= 11 is 0. The number of anilines is 1. The average Bonchev–Trinajstić information content (AvgIpc) is 3.02. The van der Waals surface area contributed by atoms with Gasteiger partial charge in [0.2, 0.25) is 11.5 Å². The minimum atomic E-state index is -1.37. The zero-order chi connectivity index (χ0) is 16.0. The lowest BCUT2D eigenvalue weighted by molar-refractivity contribution is -0.394. The number of aliphatic hydroxyl groups excluding tert-OH is 3. The lowest BCUT2D eigenvalue weighted by atomic mass is 10.1. The van der Waals surface area contributed by atoms with Crippen LogP contribution in [-0.2, 0) is 4.74 Å². The van der Waals surface area contributed by atoms with Gasteiger partial charge in [-0.25, -0.2) is 4.98 Å². The third kappa shape index (κ3) is 2.05. The van der Waals surface area contributed by atoms with Gasteiger partial charge in [-0.3, -0.25) is 4.57 Å². The standard InChI is InChI=1S/C10H12N6O6/c11-7-4-8(14-10(13-7)16(20)21)15(2-12-4)9-6(19)5(18)3(1-17)22-9/h2-3,5-6,9,17-19H,1H2,(H2,11,13,14)/t3-,5-,6-,9-/m1/s1. The number of hydrogen-bond donors (Lipinski definition) is 4. The maximum Gasteiger partial charge on any atom is 0.473 e. The van der Waals surface area contributed by atoms with Crippen molar-refractivity contribution in [2.75, 3.05) is 12.3 Å². The van der Waals surface area contributed by atoms with E-state index in [9.17, 15) is 20.3 Å². The van der Waals surface area contributed by atoms with Crippen LogP contribution in [0.25, 0.3) is 11.2 Å². The molecule has 0 aliphatic carbocycles. The van der Waals surface area contributed by atoms with E-state index in [1.54, 1.807) is 0 Å². The van der Waals surface area contributed by atoms with Crippen LogP contribution in [-0.4, -0.2) is 64.7 Å². The van der Waals surface area contributed by atoms with E-state index in [4.69, 9.17) is 15.6 Å². The van der Waals surface area contributed by atoms with Crippen molar-refractivity contribution in [3.63, 3.8) is 0 Å². The second-order valence-electron chi connectivity index (χ2n) is 4.72. The van der Waals surface area contributed by atoms with Crippen molar-refractivity contribution >= 4 is 22.9 Å². The first-order valence-corrected chi connectivity index (χ1v) is 6.21. The molecular formula is C10H12N6O6. The van der Waals surface area contributed by atoms with Crippen molar-refractivity contribution in [3.8, 4) is 0 Å². The van der Waals surface area contributed by atoms with Crippen LogP contribution in [0.2, 0.25) is 0 Å². The molecule has 1 aliphatic rings. The van der Waals surface area contributed by atoms with Gasteiger partial charge in [-0.1, -0.05) is 0 Å². The molecule has 0 amide bonds. The number of aliphatic hydroxyl groups is 3. The second-order valence-corrected chi connectivity index (χ2v) is 4.72. The first-order chi connectivity index (χ1) is 10.4. The van der Waals surface area contributed by atoms with E-state index < -0.39 is 42.0 Å². The molecule has 0 aromatic carbocycles. The summed E-state index contributed by atoms with van der Waals surface area (Å²) in [5, 5.41) is 39.7. The normalized spacial score (nSPS) is 28.3. The Morgan fingerprint density at radius 3 is 2.73 bits per heavy atom. The molecule has 2 aromatic rings. The highest BCUT2D eigenvalue weighted by atomic mass is 16.6. The Hall–Kier alpha value is -2.41. The fraction of sp³-hybridized carbons (Fsp3) is 0.500. The topological polar surface area (TPSA) is 183 Å². The number of ether oxygens (including phenoxy) is 1. The molecule has 1 fully saturated rings. The molecule has 12 nitrogen and oxygen atoms in total. The van der Waals surface area contributed by atoms with Crippen LogP contribution in [0.15, 0.2) is 6.33 Å². The Balaban J connectivity index is 2.10. The summed E-state index contributed by atoms with van der Waals surface area (Å²) in [7, 11) is 0. The van der Waals surface area contributed by atoms with Gasteiger partial charge < -0.3 is 35.9 Å². The number of fused-ring (bicyclic) bond motifs is 1. The van der Waals surface area contributed by atoms with Crippen LogP contribution in [0.3, 0.4) is 0 Å². The fourth-order valence-corrected chi connectivity index (χ4v) is 2.30. The van der Waals surface area contributed by atoms with Crippen LogP contribution in [0, 0.1) is 10.1 Å². The third-order valence-corrected chi connectivity index (χ3v) is 3.39. The molecule has 0 saturated carbocycles. The highest BCUT2D eigenvalue weighted by molar-refractivity contribution is 5.82. The predicted molar refractivity (Wildman–Crippen MR) is 69.4 cm³/mol. The number of imidazole rings is 1. The molecule has 1 saturated heterocycles. The molecule has 22 heavy (non-hydrogen) atoms. The Morgan fingerprint density at radius 1 is 1.41 bits per heavy atom. The van der Waals surface area contributed by atoms with E-state index in [-0.39, 0.29) is 17.0 Å². The van der Waals surface area contributed by atoms with Crippen LogP contribution in [0.1, 0.15) is 6.23 Å². The summed E-state index contributed by atoms with van der Waals surface area (Å²) in [6, 6.07) is 0. The summed E-state index contributed by atoms with van der Waals surface area (Å²) in [6.45, 7) is -0.501. The largest absolute Gasteiger partial charge is 0.473 e. The van der Waals surface area contributed by atoms with Crippen molar-refractivity contribution in [2.45, 2.75) is 24.5 Å². The van der Waals surface area contributed by atoms with E-state index in [1.165, 1.54) is 10.9 Å². The minimum absolute atomic E-state index is 0.0194. The smallest absolute Gasteiger partial charge is 0.394 e. The number of rotatable bonds is 3. The zero-order valence-electron chi connectivity index (χ0n) is 11.0. The van der Waals surface area contributed by atoms with Crippen molar-refractivity contribution in [2.24, 2.45) is 0 Å². The predicted octanol–water partition coefficient (Wildman–Crippen LogP) is -2.07. The quantitative estimate of drug-likeness (QED) is 0.362. The Morgan fingerprint density at radius 2 is 2.14 bits per heavy atom. The third-order valence-electron chi connectivity index (χ3n) is 3.39. The molecule has 5 N–H and O–H groups in total. The van der Waals surface area contributed by atoms with Gasteiger partial charge in [-0.05, 0) is 14.9 Å². The van der Waals surface area contributed by atoms with E-state index in [0.29, 0.717) is 0 Å². The summed E-state index contributed by atoms with van der Waals surface area (Å²) in [5.41, 5.74) is 5.68. The van der Waals surface area contributed by atoms with Gasteiger partial charge in [-0.15, -0.1) is 0 Å². The molecule has 2 aromatic heterocycles. The molecule has 0 bridgehead atoms. The SMILES string of the molecule is Nc1nc([N+](=O)[O-])nc2c1ncn2[C@@H]1O[C@H](CO)[C@@H](O)[C@H]1O. The second kappa shape index (κ2) is 5.10. The molecule has 3 heterocycles. The van der Waals surface area contributed by atoms with Crippen molar-refractivity contribution in [1.82, 2.24) is 19.5 Å². The fourth-order valence-electron chi connectivity index (χ4n) is 2.30. The summed E-state index contributed by atoms with van der Waals surface area (Å²) in [4.78, 5) is 21.2. The highest BCUT2D eigenvalue weighted by Crippen LogP contribution is 2.32. The van der Waals surface area contributed by atoms with Gasteiger partial charge in [0.15, 0.2) is 11.7 Å². The number of nitrogens with zero attached hydrogens (tertiary/aromatic N) is 5. The van der Waals surface area contributed by atoms with Crippen LogP contribution < -0.4 is 5.73 Å². The first kappa shape index (κ1) is 14.5. The number of nitrogen functional groups attached to an aromatic ring is 1. The molecular weight excluding hydrogens is 300 g/mol. The number of hydrogen-bond acceptors (Lipinski definition) is 10. The molecule has 1 aliphatic heterocycles. The van der Waals surface area contributed by atoms with Crippen LogP contribution >= 0.6 is 0 Å². The van der Waals surface area contributed by atoms with Gasteiger partial charge in [0.1, 0.15) is 24.6 Å². The molecule has 3 rings (SSSR count). The molecule has 118 valence electrons. The summed E-state index contributed by atoms with van der Waals surface area (Å²) < 4.78 is 6.53. The van der Waals surface area contributed by atoms with Gasteiger partial charge in [0.05, 0.1) is 6.61 Å². The van der Waals surface area contributed by atoms with Crippen molar-refractivity contribution < 1.29 is 25.0 Å². The van der Waals surface area contributed by atoms with E-state index >= 15 is 0 Å². The maximum atomic E-state index is 10.8. The Kier molecular flexibility index (Phi) is 3.37. The molecule has 0 spiro atoms. The molecule has 0 unspecified atom stereocenters. The van der Waals surface area contributed by atoms with Gasteiger partial charge in [0.25, 0.3) is 0 Å². The lowest BCUT2D eigenvalue weighted by Gasteiger charge is -2.15. The molecule has 4 atom stereocenters. The number of nitro groups is 1. The minimum Gasteiger partial charge on any atom is -0.394 e. The number of aromatic nitrogens is 4. The van der Waals surface area contributed by atoms with Crippen molar-refractivity contribution in [1.29, 1.82) is 0 Å². The maximum absolute atomic E-state index is 10.8. The van der Waals surface area contributed by atoms with Gasteiger partial charge in [-0.2, -0.15) is 0 Å². The zero-order valence-corrected chi connectivity index (χ0v) is 11.0. The monoisotopic (exact) mass is 312 g/mol. The summed E-state index contributed by atoms with van der Waals surface area (Å²) in [5.74, 6) is -0.916. The van der Waals surface area contributed by atoms with Crippen molar-refractivity contribution in [3.05, 3.63) is 16.4 Å². The Bertz CT molecular complexity index is 734. The van der Waals surface area contributed by atoms with E-state index in [1.807, 2.05) is 0 Å². The molecule has 12 heteroatoms. The van der Waals surface area contributed by atoms with E-state index in [2.05, 4.69) is 15.0 Å². The first-order valence-electron chi connectivity index (χ1n) is 6.21. The number of nitrogens with two attached hydrogens (primary N) is 1. The summed E-state index contributed by atoms with van der Waals surface area (Å²) in [6.07, 6.45) is -3.59. The van der Waals surface area contributed by atoms with Gasteiger partial charge in [0, 0.05) is 0 Å². The molecule has 0 radical (unpaired) electrons. The highest BCUT2D eigenvalue weighted by Gasteiger charge is 2.44. The van der Waals surface area contributed by atoms with Crippen LogP contribution in [0.4, 0.5) is 11.8 Å². The van der Waals surface area contributed by atoms with Crippen LogP contribution in [0.5, 0.6) is 0 Å². The average molecular weight is 312 g/mol. The lowest BCUT2D eigenvalue weighted by Crippen LogP contribution is -2.33. The van der Waals surface area contributed by atoms with E-state index in [0.717, 1.165) is 0 Å². The van der Waals surface area contributed by atoms with Gasteiger partial charge >= 0.3 is 5.95 Å². The Labute approximate surface area is 121 Å².